The Labute approximate surface area is 336 Å². The number of rotatable bonds is 6. The summed E-state index contributed by atoms with van der Waals surface area (Å²) < 4.78 is 0. The zero-order valence-electron chi connectivity index (χ0n) is 33.3. The second-order valence-corrected chi connectivity index (χ2v) is 17.3. The SMILES string of the molecule is CC1(C)CCC(C)(C)c2cc(-c3ccc(N(c4cccc(-c5ccc6ccccc6c5)c4)c4cccc(-c5cc6ccccc6c6ccccc56)c4)cc3)ccc21. The quantitative estimate of drug-likeness (QED) is 0.154. The van der Waals surface area contributed by atoms with Crippen LogP contribution in [0.3, 0.4) is 0 Å². The molecule has 0 aliphatic heterocycles. The molecule has 0 saturated heterocycles. The van der Waals surface area contributed by atoms with Gasteiger partial charge in [0.2, 0.25) is 0 Å². The Bertz CT molecular complexity index is 2960. The van der Waals surface area contributed by atoms with Crippen molar-refractivity contribution in [2.24, 2.45) is 0 Å². The maximum absolute atomic E-state index is 2.47. The van der Waals surface area contributed by atoms with Crippen LogP contribution in [-0.4, -0.2) is 0 Å². The third kappa shape index (κ3) is 6.28. The van der Waals surface area contributed by atoms with Crippen LogP contribution in [0.2, 0.25) is 0 Å². The van der Waals surface area contributed by atoms with Gasteiger partial charge >= 0.3 is 0 Å². The summed E-state index contributed by atoms with van der Waals surface area (Å²) in [5, 5.41) is 7.58. The fraction of sp³-hybridized carbons (Fsp3) is 0.143. The van der Waals surface area contributed by atoms with E-state index in [2.05, 4.69) is 221 Å². The lowest BCUT2D eigenvalue weighted by molar-refractivity contribution is 0.332. The number of hydrogen-bond donors (Lipinski definition) is 0. The van der Waals surface area contributed by atoms with Crippen molar-refractivity contribution in [2.75, 3.05) is 4.90 Å². The highest BCUT2D eigenvalue weighted by atomic mass is 15.1. The van der Waals surface area contributed by atoms with Gasteiger partial charge < -0.3 is 4.90 Å². The van der Waals surface area contributed by atoms with Crippen LogP contribution in [0.1, 0.15) is 51.7 Å². The summed E-state index contributed by atoms with van der Waals surface area (Å²) in [5.74, 6) is 0. The van der Waals surface area contributed by atoms with Gasteiger partial charge in [-0.25, -0.2) is 0 Å². The van der Waals surface area contributed by atoms with Crippen LogP contribution in [0.25, 0.3) is 65.7 Å². The maximum Gasteiger partial charge on any atom is 0.0467 e. The van der Waals surface area contributed by atoms with E-state index in [1.807, 2.05) is 0 Å². The molecule has 0 heterocycles. The van der Waals surface area contributed by atoms with Crippen molar-refractivity contribution < 1.29 is 0 Å². The molecule has 0 aromatic heterocycles. The zero-order valence-corrected chi connectivity index (χ0v) is 33.3. The number of anilines is 3. The average molecular weight is 734 g/mol. The first kappa shape index (κ1) is 35.0. The van der Waals surface area contributed by atoms with Gasteiger partial charge in [-0.15, -0.1) is 0 Å². The lowest BCUT2D eigenvalue weighted by Gasteiger charge is -2.42. The molecule has 0 amide bonds. The zero-order chi connectivity index (χ0) is 38.7. The Kier molecular flexibility index (Phi) is 8.38. The molecule has 0 unspecified atom stereocenters. The Morgan fingerprint density at radius 2 is 0.877 bits per heavy atom. The molecule has 1 heteroatoms. The molecule has 1 aliphatic carbocycles. The number of fused-ring (bicyclic) bond motifs is 5. The first-order valence-corrected chi connectivity index (χ1v) is 20.4. The minimum atomic E-state index is 0.162. The van der Waals surface area contributed by atoms with Crippen LogP contribution in [-0.2, 0) is 10.8 Å². The summed E-state index contributed by atoms with van der Waals surface area (Å²) >= 11 is 0. The maximum atomic E-state index is 2.47. The van der Waals surface area contributed by atoms with E-state index in [9.17, 15) is 0 Å². The minimum Gasteiger partial charge on any atom is -0.310 e. The molecule has 0 saturated carbocycles. The molecule has 276 valence electrons. The second-order valence-electron chi connectivity index (χ2n) is 17.3. The Hall–Kier alpha value is -6.44. The number of nitrogens with zero attached hydrogens (tertiary/aromatic N) is 1. The van der Waals surface area contributed by atoms with Crippen LogP contribution in [0.15, 0.2) is 188 Å². The molecular formula is C56H47N. The van der Waals surface area contributed by atoms with Gasteiger partial charge in [-0.05, 0) is 149 Å². The van der Waals surface area contributed by atoms with Crippen LogP contribution in [0, 0.1) is 0 Å². The first-order chi connectivity index (χ1) is 27.7. The van der Waals surface area contributed by atoms with Crippen molar-refractivity contribution in [2.45, 2.75) is 51.4 Å². The van der Waals surface area contributed by atoms with Crippen molar-refractivity contribution in [3.05, 3.63) is 199 Å². The van der Waals surface area contributed by atoms with E-state index in [-0.39, 0.29) is 10.8 Å². The molecule has 9 aromatic rings. The highest BCUT2D eigenvalue weighted by Gasteiger charge is 2.37. The number of hydrogen-bond acceptors (Lipinski definition) is 1. The predicted octanol–water partition coefficient (Wildman–Crippen LogP) is 16.0. The molecule has 0 atom stereocenters. The minimum absolute atomic E-state index is 0.162. The molecule has 0 N–H and O–H groups in total. The van der Waals surface area contributed by atoms with Gasteiger partial charge in [-0.3, -0.25) is 0 Å². The summed E-state index contributed by atoms with van der Waals surface area (Å²) in [4.78, 5) is 2.42. The fourth-order valence-corrected chi connectivity index (χ4v) is 9.32. The van der Waals surface area contributed by atoms with Gasteiger partial charge in [-0.1, -0.05) is 167 Å². The van der Waals surface area contributed by atoms with E-state index in [0.29, 0.717) is 0 Å². The van der Waals surface area contributed by atoms with Crippen molar-refractivity contribution in [3.8, 4) is 33.4 Å². The van der Waals surface area contributed by atoms with Gasteiger partial charge in [0, 0.05) is 17.1 Å². The molecule has 9 aromatic carbocycles. The summed E-state index contributed by atoms with van der Waals surface area (Å²) in [6.07, 6.45) is 2.42. The van der Waals surface area contributed by atoms with Gasteiger partial charge in [0.1, 0.15) is 0 Å². The molecule has 10 rings (SSSR count). The van der Waals surface area contributed by atoms with E-state index in [0.717, 1.165) is 17.1 Å². The molecule has 57 heavy (non-hydrogen) atoms. The van der Waals surface area contributed by atoms with Gasteiger partial charge in [0.05, 0.1) is 0 Å². The van der Waals surface area contributed by atoms with E-state index in [4.69, 9.17) is 0 Å². The van der Waals surface area contributed by atoms with E-state index >= 15 is 0 Å². The highest BCUT2D eigenvalue weighted by Crippen LogP contribution is 2.47. The Balaban J connectivity index is 1.10. The summed E-state index contributed by atoms with van der Waals surface area (Å²) in [6, 6.07) is 69.7. The van der Waals surface area contributed by atoms with Crippen molar-refractivity contribution in [3.63, 3.8) is 0 Å². The number of benzene rings is 9. The van der Waals surface area contributed by atoms with E-state index < -0.39 is 0 Å². The van der Waals surface area contributed by atoms with Crippen molar-refractivity contribution in [1.29, 1.82) is 0 Å². The fourth-order valence-electron chi connectivity index (χ4n) is 9.32. The first-order valence-electron chi connectivity index (χ1n) is 20.4. The normalized spacial score (nSPS) is 14.5. The van der Waals surface area contributed by atoms with Gasteiger partial charge in [0.15, 0.2) is 0 Å². The predicted molar refractivity (Wildman–Crippen MR) is 245 cm³/mol. The third-order valence-electron chi connectivity index (χ3n) is 12.7. The van der Waals surface area contributed by atoms with Crippen LogP contribution < -0.4 is 4.90 Å². The average Bonchev–Trinajstić information content (AvgIpc) is 3.25. The molecule has 1 nitrogen and oxygen atoms in total. The molecule has 0 bridgehead atoms. The largest absolute Gasteiger partial charge is 0.310 e. The summed E-state index contributed by atoms with van der Waals surface area (Å²) in [6.45, 7) is 9.62. The van der Waals surface area contributed by atoms with E-state index in [1.54, 1.807) is 0 Å². The summed E-state index contributed by atoms with van der Waals surface area (Å²) in [7, 11) is 0. The molecular weight excluding hydrogens is 687 g/mol. The second kappa shape index (κ2) is 13.6. The van der Waals surface area contributed by atoms with Gasteiger partial charge in [-0.2, -0.15) is 0 Å². The topological polar surface area (TPSA) is 3.24 Å². The van der Waals surface area contributed by atoms with Crippen LogP contribution >= 0.6 is 0 Å². The van der Waals surface area contributed by atoms with Crippen molar-refractivity contribution >= 4 is 49.4 Å². The lowest BCUT2D eigenvalue weighted by Crippen LogP contribution is -2.33. The third-order valence-corrected chi connectivity index (χ3v) is 12.7. The Morgan fingerprint density at radius 3 is 1.63 bits per heavy atom. The van der Waals surface area contributed by atoms with Crippen molar-refractivity contribution in [1.82, 2.24) is 0 Å². The van der Waals surface area contributed by atoms with Crippen LogP contribution in [0.5, 0.6) is 0 Å². The lowest BCUT2D eigenvalue weighted by atomic mass is 9.63. The van der Waals surface area contributed by atoms with Crippen LogP contribution in [0.4, 0.5) is 17.1 Å². The van der Waals surface area contributed by atoms with E-state index in [1.165, 1.54) is 89.7 Å². The molecule has 0 fully saturated rings. The molecule has 1 aliphatic rings. The standard InChI is InChI=1S/C56H47N/c1-55(2)31-32-56(3,4)54-37-43(27-30-53(54)55)39-25-28-46(29-26-39)57(47-18-11-16-41(34-47)42-24-23-38-13-5-6-14-40(38)33-42)48-19-12-17-44(35-48)52-36-45-15-7-8-20-49(45)50-21-9-10-22-51(50)52/h5-30,33-37H,31-32H2,1-4H3. The monoisotopic (exact) mass is 733 g/mol. The molecule has 0 spiro atoms. The smallest absolute Gasteiger partial charge is 0.0467 e. The summed E-state index contributed by atoms with van der Waals surface area (Å²) in [5.41, 5.74) is 14.1. The Morgan fingerprint density at radius 1 is 0.333 bits per heavy atom. The van der Waals surface area contributed by atoms with Gasteiger partial charge in [0.25, 0.3) is 0 Å². The molecule has 0 radical (unpaired) electrons. The highest BCUT2D eigenvalue weighted by molar-refractivity contribution is 6.14.